The minimum absolute atomic E-state index is 0.170. The van der Waals surface area contributed by atoms with Crippen LogP contribution >= 0.6 is 0 Å². The van der Waals surface area contributed by atoms with E-state index in [9.17, 15) is 18.3 Å². The van der Waals surface area contributed by atoms with Gasteiger partial charge in [-0.3, -0.25) is 4.90 Å². The highest BCUT2D eigenvalue weighted by atomic mass is 19.4. The molecule has 1 fully saturated rings. The van der Waals surface area contributed by atoms with Crippen molar-refractivity contribution in [1.82, 2.24) is 4.90 Å². The zero-order valence-electron chi connectivity index (χ0n) is 11.6. The Bertz CT molecular complexity index is 465. The fourth-order valence-corrected chi connectivity index (χ4v) is 2.77. The van der Waals surface area contributed by atoms with Gasteiger partial charge in [0.1, 0.15) is 0 Å². The number of nitrogens with zero attached hydrogens (tertiary/aromatic N) is 1. The Morgan fingerprint density at radius 3 is 2.30 bits per heavy atom. The number of aryl methyl sites for hydroxylation is 1. The van der Waals surface area contributed by atoms with Gasteiger partial charge in [0, 0.05) is 6.54 Å². The van der Waals surface area contributed by atoms with Crippen LogP contribution in [0.3, 0.4) is 0 Å². The number of likely N-dealkylation sites (tertiary alicyclic amines) is 1. The molecule has 0 amide bonds. The summed E-state index contributed by atoms with van der Waals surface area (Å²) in [5.74, 6) is 0. The highest BCUT2D eigenvalue weighted by Crippen LogP contribution is 2.34. The summed E-state index contributed by atoms with van der Waals surface area (Å²) in [4.78, 5) is 2.16. The van der Waals surface area contributed by atoms with E-state index in [1.165, 1.54) is 25.5 Å². The van der Waals surface area contributed by atoms with Crippen LogP contribution in [0.4, 0.5) is 13.2 Å². The average Bonchev–Trinajstić information content (AvgIpc) is 2.40. The maximum absolute atomic E-state index is 13.0. The minimum Gasteiger partial charge on any atom is -0.392 e. The Morgan fingerprint density at radius 2 is 1.75 bits per heavy atom. The predicted octanol–water partition coefficient (Wildman–Crippen LogP) is 3.49. The van der Waals surface area contributed by atoms with E-state index in [1.54, 1.807) is 0 Å². The summed E-state index contributed by atoms with van der Waals surface area (Å²) < 4.78 is 38.9. The molecular weight excluding hydrogens is 267 g/mol. The van der Waals surface area contributed by atoms with Gasteiger partial charge in [0.15, 0.2) is 0 Å². The summed E-state index contributed by atoms with van der Waals surface area (Å²) in [5, 5.41) is 9.37. The third kappa shape index (κ3) is 3.52. The van der Waals surface area contributed by atoms with Crippen LogP contribution in [0.2, 0.25) is 0 Å². The number of halogens is 3. The Balaban J connectivity index is 2.29. The van der Waals surface area contributed by atoms with E-state index in [1.807, 2.05) is 0 Å². The minimum atomic E-state index is -4.34. The third-order valence-corrected chi connectivity index (χ3v) is 3.86. The summed E-state index contributed by atoms with van der Waals surface area (Å²) in [6.07, 6.45) is -0.974. The molecule has 1 aliphatic rings. The summed E-state index contributed by atoms with van der Waals surface area (Å²) in [5.41, 5.74) is 0.763. The summed E-state index contributed by atoms with van der Waals surface area (Å²) in [7, 11) is 0. The lowest BCUT2D eigenvalue weighted by atomic mass is 9.98. The Morgan fingerprint density at radius 1 is 1.10 bits per heavy atom. The van der Waals surface area contributed by atoms with E-state index in [0.717, 1.165) is 25.9 Å². The maximum atomic E-state index is 13.0. The van der Waals surface area contributed by atoms with Crippen molar-refractivity contribution in [2.75, 3.05) is 13.1 Å². The zero-order valence-corrected chi connectivity index (χ0v) is 11.6. The Kier molecular flexibility index (Phi) is 4.70. The van der Waals surface area contributed by atoms with Gasteiger partial charge < -0.3 is 5.11 Å². The molecule has 0 unspecified atom stereocenters. The molecule has 2 nitrogen and oxygen atoms in total. The van der Waals surface area contributed by atoms with E-state index in [2.05, 4.69) is 4.90 Å². The fourth-order valence-electron chi connectivity index (χ4n) is 2.77. The van der Waals surface area contributed by atoms with Crippen LogP contribution < -0.4 is 0 Å². The van der Waals surface area contributed by atoms with Gasteiger partial charge in [0.05, 0.1) is 12.2 Å². The van der Waals surface area contributed by atoms with Crippen molar-refractivity contribution >= 4 is 0 Å². The first-order valence-electron chi connectivity index (χ1n) is 6.94. The van der Waals surface area contributed by atoms with Crippen LogP contribution in [-0.4, -0.2) is 23.1 Å². The Hall–Kier alpha value is -1.07. The van der Waals surface area contributed by atoms with E-state index in [0.29, 0.717) is 17.7 Å². The zero-order chi connectivity index (χ0) is 14.8. The molecule has 0 radical (unpaired) electrons. The van der Waals surface area contributed by atoms with Crippen LogP contribution in [0.5, 0.6) is 0 Å². The molecular formula is C15H20F3NO. The highest BCUT2D eigenvalue weighted by molar-refractivity contribution is 5.39. The standard InChI is InChI=1S/C15H20F3NO/c1-11-7-13(10-20)12(8-14(11)15(16,17)18)9-19-5-3-2-4-6-19/h7-8,20H,2-6,9-10H2,1H3. The molecule has 112 valence electrons. The molecule has 1 aliphatic heterocycles. The molecule has 1 saturated heterocycles. The first kappa shape index (κ1) is 15.3. The van der Waals surface area contributed by atoms with Gasteiger partial charge in [-0.2, -0.15) is 13.2 Å². The van der Waals surface area contributed by atoms with Crippen molar-refractivity contribution < 1.29 is 18.3 Å². The SMILES string of the molecule is Cc1cc(CO)c(CN2CCCCC2)cc1C(F)(F)F. The molecule has 5 heteroatoms. The third-order valence-electron chi connectivity index (χ3n) is 3.86. The Labute approximate surface area is 117 Å². The number of rotatable bonds is 3. The van der Waals surface area contributed by atoms with Crippen molar-refractivity contribution in [2.45, 2.75) is 45.5 Å². The molecule has 0 atom stereocenters. The van der Waals surface area contributed by atoms with Gasteiger partial charge in [-0.25, -0.2) is 0 Å². The normalized spacial score (nSPS) is 17.4. The first-order valence-corrected chi connectivity index (χ1v) is 6.94. The number of aliphatic hydroxyl groups is 1. The second-order valence-corrected chi connectivity index (χ2v) is 5.43. The van der Waals surface area contributed by atoms with E-state index >= 15 is 0 Å². The molecule has 0 saturated carbocycles. The lowest BCUT2D eigenvalue weighted by Gasteiger charge is -2.27. The van der Waals surface area contributed by atoms with Crippen molar-refractivity contribution in [3.8, 4) is 0 Å². The number of aliphatic hydroxyl groups excluding tert-OH is 1. The number of hydrogen-bond acceptors (Lipinski definition) is 2. The van der Waals surface area contributed by atoms with Crippen LogP contribution in [0.1, 0.15) is 41.5 Å². The largest absolute Gasteiger partial charge is 0.416 e. The maximum Gasteiger partial charge on any atom is 0.416 e. The van der Waals surface area contributed by atoms with E-state index < -0.39 is 11.7 Å². The molecule has 0 aromatic heterocycles. The monoisotopic (exact) mass is 287 g/mol. The van der Waals surface area contributed by atoms with Crippen molar-refractivity contribution in [3.05, 3.63) is 34.4 Å². The molecule has 2 rings (SSSR count). The molecule has 20 heavy (non-hydrogen) atoms. The van der Waals surface area contributed by atoms with Gasteiger partial charge in [0.25, 0.3) is 0 Å². The molecule has 0 aliphatic carbocycles. The van der Waals surface area contributed by atoms with Crippen LogP contribution in [0.25, 0.3) is 0 Å². The van der Waals surface area contributed by atoms with Gasteiger partial charge >= 0.3 is 6.18 Å². The van der Waals surface area contributed by atoms with Crippen molar-refractivity contribution in [3.63, 3.8) is 0 Å². The van der Waals surface area contributed by atoms with Gasteiger partial charge in [-0.05, 0) is 55.6 Å². The van der Waals surface area contributed by atoms with Crippen LogP contribution in [0.15, 0.2) is 12.1 Å². The second-order valence-electron chi connectivity index (χ2n) is 5.43. The second kappa shape index (κ2) is 6.14. The van der Waals surface area contributed by atoms with Gasteiger partial charge in [-0.1, -0.05) is 12.5 Å². The van der Waals surface area contributed by atoms with Gasteiger partial charge in [-0.15, -0.1) is 0 Å². The molecule has 1 heterocycles. The summed E-state index contributed by atoms with van der Waals surface area (Å²) >= 11 is 0. The predicted molar refractivity (Wildman–Crippen MR) is 71.2 cm³/mol. The van der Waals surface area contributed by atoms with E-state index in [-0.39, 0.29) is 12.2 Å². The molecule has 0 spiro atoms. The topological polar surface area (TPSA) is 23.5 Å². The molecule has 1 aromatic carbocycles. The number of hydrogen-bond donors (Lipinski definition) is 1. The molecule has 0 bridgehead atoms. The van der Waals surface area contributed by atoms with Crippen molar-refractivity contribution in [2.24, 2.45) is 0 Å². The number of piperidine rings is 1. The fraction of sp³-hybridized carbons (Fsp3) is 0.600. The van der Waals surface area contributed by atoms with Crippen LogP contribution in [0, 0.1) is 6.92 Å². The van der Waals surface area contributed by atoms with Crippen molar-refractivity contribution in [1.29, 1.82) is 0 Å². The lowest BCUT2D eigenvalue weighted by Crippen LogP contribution is -2.29. The van der Waals surface area contributed by atoms with E-state index in [4.69, 9.17) is 0 Å². The summed E-state index contributed by atoms with van der Waals surface area (Å²) in [6.45, 7) is 3.54. The molecule has 1 aromatic rings. The summed E-state index contributed by atoms with van der Waals surface area (Å²) in [6, 6.07) is 2.66. The molecule has 1 N–H and O–H groups in total. The van der Waals surface area contributed by atoms with Crippen LogP contribution in [-0.2, 0) is 19.3 Å². The quantitative estimate of drug-likeness (QED) is 0.920. The van der Waals surface area contributed by atoms with Gasteiger partial charge in [0.2, 0.25) is 0 Å². The number of alkyl halides is 3. The highest BCUT2D eigenvalue weighted by Gasteiger charge is 2.33. The smallest absolute Gasteiger partial charge is 0.392 e. The number of benzene rings is 1. The lowest BCUT2D eigenvalue weighted by molar-refractivity contribution is -0.138. The average molecular weight is 287 g/mol. The first-order chi connectivity index (χ1) is 9.41.